The monoisotopic (exact) mass is 1210 g/mol. The fraction of sp³-hybridized carbons (Fsp3) is 0.787. The molecule has 0 heterocycles. The van der Waals surface area contributed by atoms with Crippen LogP contribution in [0.5, 0.6) is 0 Å². The highest BCUT2D eigenvalue weighted by Crippen LogP contribution is 2.38. The largest absolute Gasteiger partial charge is 0.756 e. The highest BCUT2D eigenvalue weighted by Gasteiger charge is 2.27. The summed E-state index contributed by atoms with van der Waals surface area (Å²) in [6.07, 6.45) is 85.7. The van der Waals surface area contributed by atoms with E-state index in [1.54, 1.807) is 0 Å². The molecule has 0 fully saturated rings. The summed E-state index contributed by atoms with van der Waals surface area (Å²) in [4.78, 5) is 40.2. The first-order chi connectivity index (χ1) is 41.4. The normalized spacial score (nSPS) is 14.0. The third-order valence-electron chi connectivity index (χ3n) is 15.8. The number of amides is 1. The van der Waals surface area contributed by atoms with Gasteiger partial charge in [0, 0.05) is 12.8 Å². The number of nitrogens with one attached hydrogen (secondary N) is 1. The highest BCUT2D eigenvalue weighted by molar-refractivity contribution is 7.45. The molecule has 0 rings (SSSR count). The number of hydrogen-bond acceptors (Lipinski definition) is 7. The van der Waals surface area contributed by atoms with Crippen LogP contribution < -0.4 is 10.2 Å². The summed E-state index contributed by atoms with van der Waals surface area (Å²) in [6.45, 7) is 6.80. The van der Waals surface area contributed by atoms with E-state index >= 15 is 0 Å². The molecule has 9 nitrogen and oxygen atoms in total. The van der Waals surface area contributed by atoms with Crippen molar-refractivity contribution in [1.82, 2.24) is 5.32 Å². The quantitative estimate of drug-likeness (QED) is 0.0212. The molecule has 85 heavy (non-hydrogen) atoms. The van der Waals surface area contributed by atoms with Crippen LogP contribution in [0.15, 0.2) is 85.1 Å². The lowest BCUT2D eigenvalue weighted by molar-refractivity contribution is -0.870. The second kappa shape index (κ2) is 64.2. The van der Waals surface area contributed by atoms with Crippen LogP contribution in [0.25, 0.3) is 0 Å². The maximum absolute atomic E-state index is 13.6. The highest BCUT2D eigenvalue weighted by atomic mass is 31.2. The van der Waals surface area contributed by atoms with Crippen LogP contribution in [0.3, 0.4) is 0 Å². The van der Waals surface area contributed by atoms with Gasteiger partial charge in [-0.1, -0.05) is 292 Å². The van der Waals surface area contributed by atoms with E-state index in [-0.39, 0.29) is 24.9 Å². The first kappa shape index (κ1) is 82.2. The molecule has 0 aliphatic heterocycles. The van der Waals surface area contributed by atoms with E-state index in [0.717, 1.165) is 96.3 Å². The van der Waals surface area contributed by atoms with E-state index in [2.05, 4.69) is 99.0 Å². The maximum atomic E-state index is 13.6. The van der Waals surface area contributed by atoms with Gasteiger partial charge in [0.05, 0.1) is 33.8 Å². The molecule has 0 spiro atoms. The lowest BCUT2D eigenvalue weighted by atomic mass is 10.0. The van der Waals surface area contributed by atoms with E-state index in [0.29, 0.717) is 23.9 Å². The molecule has 1 N–H and O–H groups in total. The van der Waals surface area contributed by atoms with Gasteiger partial charge in [-0.2, -0.15) is 0 Å². The summed E-state index contributed by atoms with van der Waals surface area (Å²) >= 11 is 0. The number of likely N-dealkylation sites (N-methyl/N-ethyl adjacent to an activating group) is 1. The molecule has 494 valence electrons. The Hall–Kier alpha value is -2.81. The summed E-state index contributed by atoms with van der Waals surface area (Å²) in [5.74, 6) is -0.555. The van der Waals surface area contributed by atoms with Crippen molar-refractivity contribution in [3.8, 4) is 0 Å². The van der Waals surface area contributed by atoms with Gasteiger partial charge in [0.15, 0.2) is 0 Å². The van der Waals surface area contributed by atoms with Gasteiger partial charge in [-0.3, -0.25) is 14.2 Å². The van der Waals surface area contributed by atoms with E-state index in [4.69, 9.17) is 13.8 Å². The number of quaternary nitrogens is 1. The SMILES string of the molecule is CCCCC/C=C\C/C=C\C/C=C\C/C=C\CCCCCCCC(=O)OC(/C=C\CCCCCCCCCCC)C(COP(=O)([O-])OCC[N+](C)(C)C)NC(=O)CCCCCCCCCCCCCCCCCCC/C=C\C/C=C\CCCCC. The summed E-state index contributed by atoms with van der Waals surface area (Å²) < 4.78 is 30.4. The first-order valence-corrected chi connectivity index (χ1v) is 37.4. The predicted octanol–water partition coefficient (Wildman–Crippen LogP) is 22.3. The maximum Gasteiger partial charge on any atom is 0.306 e. The molecule has 3 unspecified atom stereocenters. The molecule has 0 aromatic carbocycles. The van der Waals surface area contributed by atoms with Crippen LogP contribution in [0.4, 0.5) is 0 Å². The molecule has 0 aliphatic rings. The Labute approximate surface area is 526 Å². The Morgan fingerprint density at radius 1 is 0.412 bits per heavy atom. The standard InChI is InChI=1S/C75H137N2O7P/c1-7-10-13-16-19-22-25-27-29-31-33-35-36-37-38-39-40-42-43-45-47-49-52-55-58-61-64-67-74(78)76-72(71-83-85(80,81)82-70-69-77(4,5)6)73(66-63-60-57-54-51-24-21-18-15-12-9-3)84-75(79)68-65-62-59-56-53-50-48-46-44-41-34-32-30-28-26-23-20-17-14-11-8-2/h19-20,22-23,27-30,34,41,46,48,63,66,72-73H,7-18,21,24-26,31-33,35-40,42-45,47,49-62,64-65,67-71H2,1-6H3,(H-,76,78,80,81)/b22-19-,23-20-,29-27-,30-28-,41-34-,48-46-,66-63-. The Morgan fingerprint density at radius 3 is 1.09 bits per heavy atom. The fourth-order valence-corrected chi connectivity index (χ4v) is 11.0. The van der Waals surface area contributed by atoms with Gasteiger partial charge in [0.1, 0.15) is 19.3 Å². The zero-order valence-electron chi connectivity index (χ0n) is 56.6. The van der Waals surface area contributed by atoms with Crippen LogP contribution in [0.2, 0.25) is 0 Å². The number of rotatable bonds is 65. The third-order valence-corrected chi connectivity index (χ3v) is 16.8. The Morgan fingerprint density at radius 2 is 0.718 bits per heavy atom. The number of phosphoric ester groups is 1. The van der Waals surface area contributed by atoms with Crippen molar-refractivity contribution in [3.63, 3.8) is 0 Å². The van der Waals surface area contributed by atoms with Crippen LogP contribution in [-0.2, 0) is 27.9 Å². The molecule has 10 heteroatoms. The summed E-state index contributed by atoms with van der Waals surface area (Å²) in [5.41, 5.74) is 0. The number of esters is 1. The summed E-state index contributed by atoms with van der Waals surface area (Å²) in [7, 11) is 1.17. The third kappa shape index (κ3) is 65.5. The van der Waals surface area contributed by atoms with Crippen molar-refractivity contribution in [1.29, 1.82) is 0 Å². The van der Waals surface area contributed by atoms with E-state index in [1.165, 1.54) is 193 Å². The number of carbonyl (C=O) groups excluding carboxylic acids is 2. The number of carbonyl (C=O) groups is 2. The number of ether oxygens (including phenoxy) is 1. The minimum Gasteiger partial charge on any atom is -0.756 e. The summed E-state index contributed by atoms with van der Waals surface area (Å²) in [5, 5.41) is 3.04. The topological polar surface area (TPSA) is 114 Å². The minimum atomic E-state index is -4.71. The predicted molar refractivity (Wildman–Crippen MR) is 367 cm³/mol. The molecule has 0 radical (unpaired) electrons. The smallest absolute Gasteiger partial charge is 0.306 e. The van der Waals surface area contributed by atoms with Crippen molar-refractivity contribution in [2.75, 3.05) is 40.9 Å². The van der Waals surface area contributed by atoms with Crippen LogP contribution >= 0.6 is 7.82 Å². The second-order valence-corrected chi connectivity index (χ2v) is 26.8. The Balaban J connectivity index is 5.01. The molecule has 0 aromatic rings. The molecule has 0 aromatic heterocycles. The lowest BCUT2D eigenvalue weighted by Crippen LogP contribution is -2.47. The second-order valence-electron chi connectivity index (χ2n) is 25.4. The minimum absolute atomic E-state index is 0.0275. The molecular weight excluding hydrogens is 1070 g/mol. The van der Waals surface area contributed by atoms with Gasteiger partial charge in [-0.15, -0.1) is 0 Å². The molecule has 0 bridgehead atoms. The van der Waals surface area contributed by atoms with Gasteiger partial charge in [-0.25, -0.2) is 0 Å². The van der Waals surface area contributed by atoms with E-state index in [9.17, 15) is 19.0 Å². The van der Waals surface area contributed by atoms with Crippen molar-refractivity contribution in [2.24, 2.45) is 0 Å². The van der Waals surface area contributed by atoms with Crippen LogP contribution in [-0.4, -0.2) is 69.4 Å². The molecule has 0 aliphatic carbocycles. The van der Waals surface area contributed by atoms with E-state index < -0.39 is 26.6 Å². The van der Waals surface area contributed by atoms with Gasteiger partial charge in [0.2, 0.25) is 5.91 Å². The average Bonchev–Trinajstić information content (AvgIpc) is 3.63. The fourth-order valence-electron chi connectivity index (χ4n) is 10.2. The molecular formula is C75H137N2O7P. The van der Waals surface area contributed by atoms with Crippen molar-refractivity contribution in [3.05, 3.63) is 85.1 Å². The van der Waals surface area contributed by atoms with Gasteiger partial charge < -0.3 is 28.5 Å². The van der Waals surface area contributed by atoms with Crippen LogP contribution in [0.1, 0.15) is 329 Å². The van der Waals surface area contributed by atoms with Gasteiger partial charge in [0.25, 0.3) is 7.82 Å². The lowest BCUT2D eigenvalue weighted by Gasteiger charge is -2.30. The Bertz CT molecular complexity index is 1730. The van der Waals surface area contributed by atoms with Gasteiger partial charge in [-0.05, 0) is 109 Å². The number of hydrogen-bond donors (Lipinski definition) is 1. The Kier molecular flexibility index (Phi) is 62.1. The van der Waals surface area contributed by atoms with Crippen molar-refractivity contribution >= 4 is 19.7 Å². The number of nitrogens with zero attached hydrogens (tertiary/aromatic N) is 1. The zero-order chi connectivity index (χ0) is 62.1. The molecule has 0 saturated heterocycles. The van der Waals surface area contributed by atoms with Crippen molar-refractivity contribution in [2.45, 2.75) is 341 Å². The van der Waals surface area contributed by atoms with Gasteiger partial charge >= 0.3 is 5.97 Å². The number of allylic oxidation sites excluding steroid dienone is 13. The first-order valence-electron chi connectivity index (χ1n) is 35.9. The number of phosphoric acid groups is 1. The van der Waals surface area contributed by atoms with Crippen molar-refractivity contribution < 1.29 is 37.3 Å². The molecule has 1 amide bonds. The van der Waals surface area contributed by atoms with E-state index in [1.807, 2.05) is 33.3 Å². The van der Waals surface area contributed by atoms with Crippen LogP contribution in [0, 0.1) is 0 Å². The summed E-state index contributed by atoms with van der Waals surface area (Å²) in [6, 6.07) is -0.900. The zero-order valence-corrected chi connectivity index (χ0v) is 57.4. The molecule has 0 saturated carbocycles. The number of unbranched alkanes of at least 4 members (excludes halogenated alkanes) is 37. The average molecular weight is 1210 g/mol. The molecule has 3 atom stereocenters.